The van der Waals surface area contributed by atoms with Gasteiger partial charge in [-0.2, -0.15) is 0 Å². The van der Waals surface area contributed by atoms with E-state index in [0.717, 1.165) is 22.0 Å². The summed E-state index contributed by atoms with van der Waals surface area (Å²) >= 11 is 0. The van der Waals surface area contributed by atoms with Gasteiger partial charge < -0.3 is 14.6 Å². The van der Waals surface area contributed by atoms with Crippen LogP contribution in [0.5, 0.6) is 11.5 Å². The number of halogens is 2. The van der Waals surface area contributed by atoms with Gasteiger partial charge in [-0.1, -0.05) is 18.2 Å². The summed E-state index contributed by atoms with van der Waals surface area (Å²) in [6, 6.07) is 12.8. The van der Waals surface area contributed by atoms with Crippen LogP contribution in [-0.4, -0.2) is 44.7 Å². The van der Waals surface area contributed by atoms with Crippen molar-refractivity contribution in [1.82, 2.24) is 0 Å². The fourth-order valence-electron chi connectivity index (χ4n) is 4.28. The molecule has 1 N–H and O–H groups in total. The highest BCUT2D eigenvalue weighted by atomic mass is 32.2. The number of hydrogen-bond acceptors (Lipinski definition) is 6. The molecule has 1 atom stereocenters. The third-order valence-electron chi connectivity index (χ3n) is 6.38. The van der Waals surface area contributed by atoms with Gasteiger partial charge in [0.1, 0.15) is 23.3 Å². The summed E-state index contributed by atoms with van der Waals surface area (Å²) < 4.78 is 69.0. The van der Waals surface area contributed by atoms with Gasteiger partial charge in [-0.3, -0.25) is 9.10 Å². The monoisotopic (exact) mass is 545 g/mol. The van der Waals surface area contributed by atoms with Crippen LogP contribution in [0.4, 0.5) is 14.5 Å². The lowest BCUT2D eigenvalue weighted by Gasteiger charge is -2.36. The lowest BCUT2D eigenvalue weighted by Crippen LogP contribution is -2.44. The number of ketones is 1. The second-order valence-electron chi connectivity index (χ2n) is 9.77. The zero-order valence-electron chi connectivity index (χ0n) is 21.5. The predicted octanol–water partition coefficient (Wildman–Crippen LogP) is 5.03. The topological polar surface area (TPSA) is 93.1 Å². The molecule has 0 spiro atoms. The van der Waals surface area contributed by atoms with E-state index in [2.05, 4.69) is 0 Å². The molecule has 10 heteroatoms. The molecule has 0 unspecified atom stereocenters. The van der Waals surface area contributed by atoms with Gasteiger partial charge >= 0.3 is 0 Å². The number of Topliss-reactive ketones (excluding diaryl/α,β-unsaturated/α-hetero) is 1. The molecule has 0 fully saturated rings. The molecule has 38 heavy (non-hydrogen) atoms. The molecular formula is C28H29F2NO6S. The Morgan fingerprint density at radius 1 is 1.16 bits per heavy atom. The molecule has 3 aromatic carbocycles. The smallest absolute Gasteiger partial charge is 0.264 e. The Kier molecular flexibility index (Phi) is 7.49. The molecule has 3 aromatic rings. The first-order valence-corrected chi connectivity index (χ1v) is 13.4. The Bertz CT molecular complexity index is 1480. The van der Waals surface area contributed by atoms with Gasteiger partial charge in [-0.15, -0.1) is 0 Å². The molecule has 7 nitrogen and oxygen atoms in total. The van der Waals surface area contributed by atoms with Crippen LogP contribution in [0.3, 0.4) is 0 Å². The molecule has 0 bridgehead atoms. The number of aryl methyl sites for hydroxylation is 1. The Hall–Kier alpha value is -3.50. The van der Waals surface area contributed by atoms with E-state index in [9.17, 15) is 22.7 Å². The fourth-order valence-corrected chi connectivity index (χ4v) is 5.89. The number of carbonyl (C=O) groups excluding carboxylic acids is 1. The van der Waals surface area contributed by atoms with Crippen molar-refractivity contribution >= 4 is 21.5 Å². The highest BCUT2D eigenvalue weighted by molar-refractivity contribution is 7.92. The van der Waals surface area contributed by atoms with Gasteiger partial charge in [0.2, 0.25) is 0 Å². The maximum atomic E-state index is 15.0. The Morgan fingerprint density at radius 2 is 1.89 bits per heavy atom. The van der Waals surface area contributed by atoms with Crippen LogP contribution in [0.25, 0.3) is 11.1 Å². The van der Waals surface area contributed by atoms with Crippen LogP contribution in [0.2, 0.25) is 0 Å². The lowest BCUT2D eigenvalue weighted by atomic mass is 9.97. The van der Waals surface area contributed by atoms with Crippen LogP contribution < -0.4 is 13.8 Å². The first kappa shape index (κ1) is 27.5. The van der Waals surface area contributed by atoms with E-state index in [1.54, 1.807) is 19.1 Å². The number of anilines is 1. The molecule has 1 aliphatic heterocycles. The average molecular weight is 546 g/mol. The molecule has 0 radical (unpaired) electrons. The molecule has 0 amide bonds. The second-order valence-corrected chi connectivity index (χ2v) is 11.6. The van der Waals surface area contributed by atoms with Gasteiger partial charge in [-0.25, -0.2) is 17.2 Å². The van der Waals surface area contributed by atoms with Crippen LogP contribution >= 0.6 is 0 Å². The van der Waals surface area contributed by atoms with E-state index < -0.39 is 39.1 Å². The zero-order chi connectivity index (χ0) is 27.8. The normalized spacial score (nSPS) is 15.6. The first-order valence-electron chi connectivity index (χ1n) is 12.0. The highest BCUT2D eigenvalue weighted by Crippen LogP contribution is 2.42. The van der Waals surface area contributed by atoms with Gasteiger partial charge in [0.15, 0.2) is 17.3 Å². The van der Waals surface area contributed by atoms with Crippen LogP contribution in [0.1, 0.15) is 32.3 Å². The minimum Gasteiger partial charge on any atom is -0.494 e. The maximum Gasteiger partial charge on any atom is 0.264 e. The molecule has 1 heterocycles. The van der Waals surface area contributed by atoms with E-state index in [0.29, 0.717) is 0 Å². The minimum atomic E-state index is -4.10. The number of aliphatic hydroxyl groups is 1. The summed E-state index contributed by atoms with van der Waals surface area (Å²) in [6.07, 6.45) is -0.543. The summed E-state index contributed by atoms with van der Waals surface area (Å²) in [5.41, 5.74) is -0.505. The van der Waals surface area contributed by atoms with Crippen LogP contribution in [-0.2, 0) is 14.8 Å². The molecule has 0 saturated heterocycles. The van der Waals surface area contributed by atoms with Crippen molar-refractivity contribution in [2.45, 2.75) is 50.2 Å². The van der Waals surface area contributed by atoms with Crippen molar-refractivity contribution in [2.75, 3.05) is 18.0 Å². The van der Waals surface area contributed by atoms with Crippen molar-refractivity contribution in [3.05, 3.63) is 71.8 Å². The summed E-state index contributed by atoms with van der Waals surface area (Å²) in [4.78, 5) is 12.3. The second kappa shape index (κ2) is 10.3. The van der Waals surface area contributed by atoms with E-state index in [-0.39, 0.29) is 52.6 Å². The van der Waals surface area contributed by atoms with E-state index in [4.69, 9.17) is 9.47 Å². The van der Waals surface area contributed by atoms with Crippen LogP contribution in [0.15, 0.2) is 59.5 Å². The number of sulfonamides is 1. The number of methoxy groups -OCH3 is 1. The number of benzene rings is 3. The van der Waals surface area contributed by atoms with Crippen molar-refractivity contribution in [3.63, 3.8) is 0 Å². The minimum absolute atomic E-state index is 0.0196. The van der Waals surface area contributed by atoms with Gasteiger partial charge in [0, 0.05) is 18.1 Å². The zero-order valence-corrected chi connectivity index (χ0v) is 22.3. The van der Waals surface area contributed by atoms with Crippen molar-refractivity contribution in [3.8, 4) is 22.6 Å². The SMILES string of the molecule is COc1cc(F)cc(-c2ccc3c(c2)N(S(=O)(=O)c2cccc(C)c2)C[C@H](CCC(=O)C(C)(C)O)O3)c1F. The van der Waals surface area contributed by atoms with Crippen molar-refractivity contribution in [1.29, 1.82) is 0 Å². The van der Waals surface area contributed by atoms with Crippen LogP contribution in [0, 0.1) is 18.6 Å². The molecular weight excluding hydrogens is 516 g/mol. The number of nitrogens with zero attached hydrogens (tertiary/aromatic N) is 1. The summed E-state index contributed by atoms with van der Waals surface area (Å²) in [7, 11) is -2.88. The summed E-state index contributed by atoms with van der Waals surface area (Å²) in [6.45, 7) is 4.43. The van der Waals surface area contributed by atoms with E-state index in [1.165, 1.54) is 51.3 Å². The summed E-state index contributed by atoms with van der Waals surface area (Å²) in [5, 5.41) is 9.98. The molecule has 202 valence electrons. The van der Waals surface area contributed by atoms with Crippen molar-refractivity contribution < 1.29 is 36.6 Å². The molecule has 1 aliphatic rings. The summed E-state index contributed by atoms with van der Waals surface area (Å²) in [5.74, 6) is -1.98. The predicted molar refractivity (Wildman–Crippen MR) is 139 cm³/mol. The Labute approximate surface area is 220 Å². The molecule has 0 aromatic heterocycles. The van der Waals surface area contributed by atoms with Gasteiger partial charge in [0.05, 0.1) is 24.2 Å². The first-order chi connectivity index (χ1) is 17.8. The van der Waals surface area contributed by atoms with E-state index in [1.807, 2.05) is 0 Å². The number of fused-ring (bicyclic) bond motifs is 1. The Morgan fingerprint density at radius 3 is 2.55 bits per heavy atom. The molecule has 4 rings (SSSR count). The molecule has 0 saturated carbocycles. The number of carbonyl (C=O) groups is 1. The van der Waals surface area contributed by atoms with Gasteiger partial charge in [0.25, 0.3) is 10.0 Å². The Balaban J connectivity index is 1.80. The molecule has 0 aliphatic carbocycles. The number of ether oxygens (including phenoxy) is 2. The number of hydrogen-bond donors (Lipinski definition) is 1. The quantitative estimate of drug-likeness (QED) is 0.427. The highest BCUT2D eigenvalue weighted by Gasteiger charge is 2.36. The standard InChI is InChI=1S/C28H29F2NO6S/c1-17-6-5-7-21(12-17)38(34,35)31-16-20(9-11-26(32)28(2,3)33)37-24-10-8-18(13-23(24)31)22-14-19(29)15-25(36-4)27(22)30/h5-8,10,12-15,20,33H,9,11,16H2,1-4H3/t20-/m0/s1. The fraction of sp³-hybridized carbons (Fsp3) is 0.321. The van der Waals surface area contributed by atoms with Crippen molar-refractivity contribution in [2.24, 2.45) is 0 Å². The average Bonchev–Trinajstić information content (AvgIpc) is 2.86. The van der Waals surface area contributed by atoms with E-state index >= 15 is 4.39 Å². The van der Waals surface area contributed by atoms with Gasteiger partial charge in [-0.05, 0) is 68.7 Å². The third kappa shape index (κ3) is 5.51. The maximum absolute atomic E-state index is 15.0. The number of rotatable bonds is 8. The third-order valence-corrected chi connectivity index (χ3v) is 8.15. The largest absolute Gasteiger partial charge is 0.494 e. The lowest BCUT2D eigenvalue weighted by molar-refractivity contribution is -0.134.